The van der Waals surface area contributed by atoms with E-state index in [1.165, 1.54) is 41.8 Å². The Morgan fingerprint density at radius 2 is 1.96 bits per heavy atom. The highest BCUT2D eigenvalue weighted by Crippen LogP contribution is 2.23. The monoisotopic (exact) mass is 400 g/mol. The van der Waals surface area contributed by atoms with Crippen LogP contribution < -0.4 is 21.1 Å². The van der Waals surface area contributed by atoms with Crippen molar-refractivity contribution in [2.75, 3.05) is 5.32 Å². The number of halogens is 1. The summed E-state index contributed by atoms with van der Waals surface area (Å²) in [6.07, 6.45) is 1.47. The average Bonchev–Trinajstić information content (AvgIpc) is 3.19. The van der Waals surface area contributed by atoms with Gasteiger partial charge in [0, 0.05) is 10.9 Å². The fourth-order valence-corrected chi connectivity index (χ4v) is 3.20. The second kappa shape index (κ2) is 8.96. The van der Waals surface area contributed by atoms with E-state index in [9.17, 15) is 14.0 Å². The molecule has 28 heavy (non-hydrogen) atoms. The zero-order valence-corrected chi connectivity index (χ0v) is 15.4. The number of nitrogens with zero attached hydrogens (tertiary/aromatic N) is 1. The molecule has 0 radical (unpaired) electrons. The number of urea groups is 1. The van der Waals surface area contributed by atoms with Crippen molar-refractivity contribution in [3.05, 3.63) is 70.8 Å². The van der Waals surface area contributed by atoms with Gasteiger partial charge in [-0.3, -0.25) is 4.79 Å². The zero-order valence-electron chi connectivity index (χ0n) is 14.6. The highest BCUT2D eigenvalue weighted by molar-refractivity contribution is 7.10. The van der Waals surface area contributed by atoms with Gasteiger partial charge in [0.25, 0.3) is 0 Å². The molecule has 4 N–H and O–H groups in total. The largest absolute Gasteiger partial charge is 0.439 e. The number of nitrogens with two attached hydrogens (primary N) is 1. The zero-order chi connectivity index (χ0) is 19.9. The SMILES string of the molecule is NC(=O)N[C@H](CC(=O)Nc1ccc(Oc2ccc(F)cc2)nc1)c1cccs1. The molecule has 3 amide bonds. The Hall–Kier alpha value is -3.46. The van der Waals surface area contributed by atoms with Gasteiger partial charge in [-0.1, -0.05) is 6.07 Å². The average molecular weight is 400 g/mol. The summed E-state index contributed by atoms with van der Waals surface area (Å²) in [6.45, 7) is 0. The third-order valence-electron chi connectivity index (χ3n) is 3.65. The number of anilines is 1. The maximum absolute atomic E-state index is 12.9. The fourth-order valence-electron chi connectivity index (χ4n) is 2.42. The van der Waals surface area contributed by atoms with Crippen molar-refractivity contribution in [3.8, 4) is 11.6 Å². The first kappa shape index (κ1) is 19.3. The molecule has 0 spiro atoms. The topological polar surface area (TPSA) is 106 Å². The van der Waals surface area contributed by atoms with Crippen LogP contribution in [-0.4, -0.2) is 16.9 Å². The summed E-state index contributed by atoms with van der Waals surface area (Å²) in [5, 5.41) is 7.13. The number of carbonyl (C=O) groups excluding carboxylic acids is 2. The molecule has 0 aliphatic carbocycles. The summed E-state index contributed by atoms with van der Waals surface area (Å²) in [4.78, 5) is 28.4. The van der Waals surface area contributed by atoms with E-state index in [1.54, 1.807) is 12.1 Å². The highest BCUT2D eigenvalue weighted by atomic mass is 32.1. The number of carbonyl (C=O) groups is 2. The van der Waals surface area contributed by atoms with Gasteiger partial charge in [0.2, 0.25) is 11.8 Å². The second-order valence-corrected chi connectivity index (χ2v) is 6.75. The van der Waals surface area contributed by atoms with Gasteiger partial charge in [0.15, 0.2) is 0 Å². The van der Waals surface area contributed by atoms with Crippen LogP contribution >= 0.6 is 11.3 Å². The number of hydrogen-bond donors (Lipinski definition) is 3. The van der Waals surface area contributed by atoms with Crippen LogP contribution in [0.25, 0.3) is 0 Å². The number of primary amides is 1. The summed E-state index contributed by atoms with van der Waals surface area (Å²) in [7, 11) is 0. The van der Waals surface area contributed by atoms with Gasteiger partial charge < -0.3 is 21.1 Å². The van der Waals surface area contributed by atoms with Crippen LogP contribution in [-0.2, 0) is 4.79 Å². The third kappa shape index (κ3) is 5.52. The maximum atomic E-state index is 12.9. The molecule has 9 heteroatoms. The molecule has 2 heterocycles. The van der Waals surface area contributed by atoms with Crippen molar-refractivity contribution >= 4 is 29.0 Å². The first-order valence-corrected chi connectivity index (χ1v) is 9.16. The number of amides is 3. The predicted molar refractivity (Wildman–Crippen MR) is 104 cm³/mol. The molecule has 0 bridgehead atoms. The van der Waals surface area contributed by atoms with Gasteiger partial charge in [-0.05, 0) is 41.8 Å². The van der Waals surface area contributed by atoms with E-state index < -0.39 is 12.1 Å². The van der Waals surface area contributed by atoms with E-state index in [0.29, 0.717) is 17.3 Å². The van der Waals surface area contributed by atoms with Crippen molar-refractivity contribution in [2.45, 2.75) is 12.5 Å². The molecule has 1 atom stereocenters. The Morgan fingerprint density at radius 3 is 2.57 bits per heavy atom. The molecule has 3 aromatic rings. The van der Waals surface area contributed by atoms with E-state index in [1.807, 2.05) is 17.5 Å². The Morgan fingerprint density at radius 1 is 1.18 bits per heavy atom. The molecule has 0 saturated carbocycles. The van der Waals surface area contributed by atoms with E-state index >= 15 is 0 Å². The Labute approximate surface area is 164 Å². The summed E-state index contributed by atoms with van der Waals surface area (Å²) >= 11 is 1.42. The molecule has 0 aliphatic heterocycles. The lowest BCUT2D eigenvalue weighted by Gasteiger charge is -2.16. The van der Waals surface area contributed by atoms with Gasteiger partial charge in [0.05, 0.1) is 24.3 Å². The molecule has 0 saturated heterocycles. The number of hydrogen-bond acceptors (Lipinski definition) is 5. The number of ether oxygens (including phenoxy) is 1. The number of nitrogens with one attached hydrogen (secondary N) is 2. The van der Waals surface area contributed by atoms with Gasteiger partial charge >= 0.3 is 6.03 Å². The predicted octanol–water partition coefficient (Wildman–Crippen LogP) is 3.81. The van der Waals surface area contributed by atoms with E-state index in [2.05, 4.69) is 15.6 Å². The number of benzene rings is 1. The Kier molecular flexibility index (Phi) is 6.18. The van der Waals surface area contributed by atoms with Crippen LogP contribution in [0.1, 0.15) is 17.3 Å². The minimum Gasteiger partial charge on any atom is -0.439 e. The van der Waals surface area contributed by atoms with Gasteiger partial charge in [-0.2, -0.15) is 0 Å². The van der Waals surface area contributed by atoms with Crippen LogP contribution in [0.15, 0.2) is 60.1 Å². The van der Waals surface area contributed by atoms with Crippen molar-refractivity contribution in [3.63, 3.8) is 0 Å². The molecule has 2 aromatic heterocycles. The molecular formula is C19H17FN4O3S. The first-order valence-electron chi connectivity index (χ1n) is 8.28. The van der Waals surface area contributed by atoms with Crippen molar-refractivity contribution in [1.29, 1.82) is 0 Å². The van der Waals surface area contributed by atoms with Crippen LogP contribution in [0.3, 0.4) is 0 Å². The first-order chi connectivity index (χ1) is 13.5. The van der Waals surface area contributed by atoms with Gasteiger partial charge in [-0.25, -0.2) is 14.2 Å². The van der Waals surface area contributed by atoms with Crippen molar-refractivity contribution < 1.29 is 18.7 Å². The van der Waals surface area contributed by atoms with E-state index in [-0.39, 0.29) is 18.1 Å². The summed E-state index contributed by atoms with van der Waals surface area (Å²) in [5.41, 5.74) is 5.67. The molecule has 7 nitrogen and oxygen atoms in total. The number of rotatable bonds is 7. The maximum Gasteiger partial charge on any atom is 0.312 e. The van der Waals surface area contributed by atoms with Crippen LogP contribution in [0.5, 0.6) is 11.6 Å². The molecular weight excluding hydrogens is 383 g/mol. The van der Waals surface area contributed by atoms with Crippen LogP contribution in [0, 0.1) is 5.82 Å². The second-order valence-electron chi connectivity index (χ2n) is 5.77. The summed E-state index contributed by atoms with van der Waals surface area (Å²) in [5.74, 6) is 0.0877. The molecule has 1 aromatic carbocycles. The highest BCUT2D eigenvalue weighted by Gasteiger charge is 2.18. The molecule has 0 unspecified atom stereocenters. The molecule has 144 valence electrons. The van der Waals surface area contributed by atoms with E-state index in [0.717, 1.165) is 4.88 Å². The molecule has 3 rings (SSSR count). The van der Waals surface area contributed by atoms with Crippen LogP contribution in [0.4, 0.5) is 14.9 Å². The summed E-state index contributed by atoms with van der Waals surface area (Å²) < 4.78 is 18.4. The minimum atomic E-state index is -0.699. The third-order valence-corrected chi connectivity index (χ3v) is 4.63. The normalized spacial score (nSPS) is 11.5. The smallest absolute Gasteiger partial charge is 0.312 e. The van der Waals surface area contributed by atoms with Crippen LogP contribution in [0.2, 0.25) is 0 Å². The lowest BCUT2D eigenvalue weighted by atomic mass is 10.1. The van der Waals surface area contributed by atoms with Gasteiger partial charge in [-0.15, -0.1) is 11.3 Å². The molecule has 0 fully saturated rings. The molecule has 0 aliphatic rings. The number of pyridine rings is 1. The number of thiophene rings is 1. The lowest BCUT2D eigenvalue weighted by molar-refractivity contribution is -0.116. The van der Waals surface area contributed by atoms with E-state index in [4.69, 9.17) is 10.5 Å². The quantitative estimate of drug-likeness (QED) is 0.561. The van der Waals surface area contributed by atoms with Crippen molar-refractivity contribution in [1.82, 2.24) is 10.3 Å². The lowest BCUT2D eigenvalue weighted by Crippen LogP contribution is -2.34. The Balaban J connectivity index is 1.58. The van der Waals surface area contributed by atoms with Gasteiger partial charge in [0.1, 0.15) is 11.6 Å². The Bertz CT molecular complexity index is 931. The fraction of sp³-hybridized carbons (Fsp3) is 0.105. The number of aromatic nitrogens is 1. The standard InChI is InChI=1S/C19H17FN4O3S/c20-12-3-6-14(7-4-12)27-18-8-5-13(11-22-18)23-17(25)10-15(24-19(21)26)16-2-1-9-28-16/h1-9,11,15H,10H2,(H,23,25)(H3,21,24,26)/t15-/m1/s1. The minimum absolute atomic E-state index is 0.0251. The summed E-state index contributed by atoms with van der Waals surface area (Å²) in [6, 6.07) is 11.2. The van der Waals surface area contributed by atoms with Crippen molar-refractivity contribution in [2.24, 2.45) is 5.73 Å².